The van der Waals surface area contributed by atoms with Gasteiger partial charge in [-0.3, -0.25) is 44.4 Å². The Morgan fingerprint density at radius 3 is 0.981 bits per heavy atom. The minimum Gasteiger partial charge on any atom is -0.464 e. The standard InChI is InChI=1S/C33H54N6O12.Fe/c1-22-10-16-49-31(43)25(34)8-5-14-38(47)29(41)20-24(3)12-18-51-33(45)27(36)9-6-15-39(48)30(42)21-23(2)11-17-50-32(44)26(35)7-4-13-37(46)28(40)19-22;/h19-21,25-27,46-48H,4-18,34-36H2,1-3H3;/b22-19-,23-21-,24-20-;. The molecule has 18 nitrogen and oxygen atoms in total. The first-order valence-electron chi connectivity index (χ1n) is 16.8. The van der Waals surface area contributed by atoms with Crippen molar-refractivity contribution in [2.45, 2.75) is 96.7 Å². The molecule has 1 aliphatic rings. The summed E-state index contributed by atoms with van der Waals surface area (Å²) < 4.78 is 15.5. The monoisotopic (exact) mass is 782 g/mol. The molecule has 0 aromatic heterocycles. The normalized spacial score (nSPS) is 27.1. The van der Waals surface area contributed by atoms with Gasteiger partial charge in [0.25, 0.3) is 17.7 Å². The van der Waals surface area contributed by atoms with Crippen molar-refractivity contribution in [1.29, 1.82) is 0 Å². The molecule has 3 unspecified atom stereocenters. The molecule has 0 saturated heterocycles. The van der Waals surface area contributed by atoms with Crippen LogP contribution in [-0.4, -0.2) is 124 Å². The van der Waals surface area contributed by atoms with E-state index in [9.17, 15) is 44.4 Å². The van der Waals surface area contributed by atoms with Crippen molar-refractivity contribution in [2.24, 2.45) is 17.2 Å². The third-order valence-electron chi connectivity index (χ3n) is 7.66. The van der Waals surface area contributed by atoms with Crippen LogP contribution in [0.1, 0.15) is 78.6 Å². The number of esters is 3. The maximum atomic E-state index is 12.3. The van der Waals surface area contributed by atoms with Crippen molar-refractivity contribution in [2.75, 3.05) is 39.5 Å². The molecule has 0 fully saturated rings. The second-order valence-electron chi connectivity index (χ2n) is 12.4. The van der Waals surface area contributed by atoms with E-state index < -0.39 is 53.8 Å². The van der Waals surface area contributed by atoms with E-state index in [1.807, 2.05) is 0 Å². The summed E-state index contributed by atoms with van der Waals surface area (Å²) in [4.78, 5) is 73.7. The molecule has 0 aromatic rings. The molecule has 52 heavy (non-hydrogen) atoms. The van der Waals surface area contributed by atoms with Crippen LogP contribution in [-0.2, 0) is 60.0 Å². The van der Waals surface area contributed by atoms with Crippen molar-refractivity contribution in [1.82, 2.24) is 15.2 Å². The molecule has 1 heterocycles. The van der Waals surface area contributed by atoms with Crippen molar-refractivity contribution < 1.29 is 75.7 Å². The Bertz CT molecular complexity index is 1140. The number of rotatable bonds is 0. The van der Waals surface area contributed by atoms with Crippen LogP contribution >= 0.6 is 0 Å². The van der Waals surface area contributed by atoms with Gasteiger partial charge in [0.05, 0.1) is 19.8 Å². The Morgan fingerprint density at radius 2 is 0.750 bits per heavy atom. The Labute approximate surface area is 314 Å². The maximum Gasteiger partial charge on any atom is 0.322 e. The summed E-state index contributed by atoms with van der Waals surface area (Å²) in [6.07, 6.45) is 4.99. The summed E-state index contributed by atoms with van der Waals surface area (Å²) in [5.74, 6) is -4.24. The zero-order valence-corrected chi connectivity index (χ0v) is 31.1. The SMILES string of the molecule is C/C1=C/C(=O)N(O)CCCC(N)C(=O)OCC/C(C)=C\C(=O)N(O)CCCC(N)C(=O)OCC/C(C)=C\C(=O)N(O)CCCC(N)C(=O)OCC1.[Fe]. The van der Waals surface area contributed by atoms with Gasteiger partial charge in [-0.05, 0) is 59.3 Å². The van der Waals surface area contributed by atoms with Gasteiger partial charge in [-0.2, -0.15) is 0 Å². The van der Waals surface area contributed by atoms with E-state index in [0.29, 0.717) is 31.9 Å². The number of amides is 3. The van der Waals surface area contributed by atoms with Gasteiger partial charge in [0.1, 0.15) is 18.1 Å². The third-order valence-corrected chi connectivity index (χ3v) is 7.66. The number of hydrogen-bond donors (Lipinski definition) is 6. The van der Waals surface area contributed by atoms with Crippen LogP contribution in [0.25, 0.3) is 0 Å². The van der Waals surface area contributed by atoms with E-state index in [-0.39, 0.29) is 114 Å². The van der Waals surface area contributed by atoms with E-state index in [2.05, 4.69) is 0 Å². The summed E-state index contributed by atoms with van der Waals surface area (Å²) >= 11 is 0. The predicted octanol–water partition coefficient (Wildman–Crippen LogP) is 0.612. The summed E-state index contributed by atoms with van der Waals surface area (Å²) in [6.45, 7) is 4.26. The van der Waals surface area contributed by atoms with Crippen molar-refractivity contribution in [3.8, 4) is 0 Å². The van der Waals surface area contributed by atoms with Crippen molar-refractivity contribution >= 4 is 35.6 Å². The molecule has 0 aliphatic carbocycles. The van der Waals surface area contributed by atoms with Crippen molar-refractivity contribution in [3.05, 3.63) is 34.9 Å². The Kier molecular flexibility index (Phi) is 24.3. The van der Waals surface area contributed by atoms with Crippen LogP contribution in [0, 0.1) is 0 Å². The fourth-order valence-corrected chi connectivity index (χ4v) is 4.40. The first-order valence-corrected chi connectivity index (χ1v) is 16.8. The minimum absolute atomic E-state index is 0. The number of carbonyl (C=O) groups excluding carboxylic acids is 6. The van der Waals surface area contributed by atoms with Gasteiger partial charge in [-0.25, -0.2) is 15.2 Å². The van der Waals surface area contributed by atoms with E-state index >= 15 is 0 Å². The number of hydrogen-bond acceptors (Lipinski definition) is 15. The second-order valence-corrected chi connectivity index (χ2v) is 12.4. The molecule has 0 saturated carbocycles. The van der Waals surface area contributed by atoms with E-state index in [0.717, 1.165) is 0 Å². The average Bonchev–Trinajstić information content (AvgIpc) is 3.06. The fraction of sp³-hybridized carbons (Fsp3) is 0.636. The van der Waals surface area contributed by atoms with Gasteiger partial charge in [0.15, 0.2) is 0 Å². The van der Waals surface area contributed by atoms with Gasteiger partial charge < -0.3 is 31.4 Å². The summed E-state index contributed by atoms with van der Waals surface area (Å²) in [5.41, 5.74) is 19.2. The molecule has 0 bridgehead atoms. The Hall–Kier alpha value is -3.68. The number of ether oxygens (including phenoxy) is 3. The maximum absolute atomic E-state index is 12.3. The second kappa shape index (κ2) is 26.1. The molecule has 1 rings (SSSR count). The number of carbonyl (C=O) groups is 6. The first-order chi connectivity index (χ1) is 24.0. The number of nitrogens with zero attached hydrogens (tertiary/aromatic N) is 3. The zero-order valence-electron chi connectivity index (χ0n) is 30.0. The van der Waals surface area contributed by atoms with Crippen molar-refractivity contribution in [3.63, 3.8) is 0 Å². The number of hydroxylamine groups is 6. The quantitative estimate of drug-likeness (QED) is 0.0850. The number of cyclic esters (lactones) is 3. The molecule has 0 radical (unpaired) electrons. The Balaban J connectivity index is 0.0000260. The van der Waals surface area contributed by atoms with E-state index in [4.69, 9.17) is 31.4 Å². The molecule has 3 amide bonds. The minimum atomic E-state index is -1.02. The van der Waals surface area contributed by atoms with E-state index in [1.165, 1.54) is 18.2 Å². The van der Waals surface area contributed by atoms with Crippen LogP contribution in [0.2, 0.25) is 0 Å². The molecule has 9 N–H and O–H groups in total. The fourth-order valence-electron chi connectivity index (χ4n) is 4.40. The third kappa shape index (κ3) is 20.4. The summed E-state index contributed by atoms with van der Waals surface area (Å²) in [7, 11) is 0. The predicted molar refractivity (Wildman–Crippen MR) is 180 cm³/mol. The summed E-state index contributed by atoms with van der Waals surface area (Å²) in [5, 5.41) is 31.7. The average molecular weight is 783 g/mol. The molecule has 0 spiro atoms. The Morgan fingerprint density at radius 1 is 0.519 bits per heavy atom. The van der Waals surface area contributed by atoms with Crippen LogP contribution in [0.3, 0.4) is 0 Å². The summed E-state index contributed by atoms with van der Waals surface area (Å²) in [6, 6.07) is -3.05. The zero-order chi connectivity index (χ0) is 38.5. The van der Waals surface area contributed by atoms with Crippen LogP contribution in [0.4, 0.5) is 0 Å². The molecule has 0 aromatic carbocycles. The molecule has 3 atom stereocenters. The molecule has 1 aliphatic heterocycles. The first kappa shape index (κ1) is 48.3. The molecular formula is C33H54FeN6O12. The van der Waals surface area contributed by atoms with Gasteiger partial charge >= 0.3 is 17.9 Å². The van der Waals surface area contributed by atoms with E-state index in [1.54, 1.807) is 20.8 Å². The van der Waals surface area contributed by atoms with Crippen LogP contribution in [0.5, 0.6) is 0 Å². The largest absolute Gasteiger partial charge is 0.464 e. The van der Waals surface area contributed by atoms with Crippen LogP contribution < -0.4 is 17.2 Å². The van der Waals surface area contributed by atoms with Gasteiger partial charge in [0.2, 0.25) is 0 Å². The smallest absolute Gasteiger partial charge is 0.322 e. The van der Waals surface area contributed by atoms with Gasteiger partial charge in [-0.15, -0.1) is 0 Å². The molecular weight excluding hydrogens is 728 g/mol. The van der Waals surface area contributed by atoms with Crippen LogP contribution in [0.15, 0.2) is 34.9 Å². The number of nitrogens with two attached hydrogens (primary N) is 3. The topological polar surface area (TPSA) is 279 Å². The van der Waals surface area contributed by atoms with Gasteiger partial charge in [-0.1, -0.05) is 16.7 Å². The molecule has 19 heteroatoms. The van der Waals surface area contributed by atoms with Gasteiger partial charge in [0, 0.05) is 74.2 Å². The molecule has 296 valence electrons.